The van der Waals surface area contributed by atoms with E-state index in [2.05, 4.69) is 55.7 Å². The molecule has 0 aliphatic heterocycles. The first-order valence-corrected chi connectivity index (χ1v) is 12.8. The van der Waals surface area contributed by atoms with Crippen LogP contribution in [0.1, 0.15) is 85.2 Å². The van der Waals surface area contributed by atoms with E-state index in [4.69, 9.17) is 0 Å². The molecule has 2 aromatic rings. The Labute approximate surface area is 200 Å². The lowest BCUT2D eigenvalue weighted by molar-refractivity contribution is 0.0966. The Balaban J connectivity index is 1.66. The van der Waals surface area contributed by atoms with Crippen LogP contribution >= 0.6 is 0 Å². The van der Waals surface area contributed by atoms with Crippen LogP contribution in [-0.4, -0.2) is 60.6 Å². The van der Waals surface area contributed by atoms with Gasteiger partial charge in [0.1, 0.15) is 0 Å². The number of carbonyl (C=O) groups excluding carboxylic acids is 2. The SMILES string of the molecule is CCN(CC)CCCC(=O)c1ccc2c(c1)Cc1c(C(=O)CCCN(CC)CC)cccc1-2. The molecule has 0 heterocycles. The lowest BCUT2D eigenvalue weighted by Gasteiger charge is -2.17. The van der Waals surface area contributed by atoms with Gasteiger partial charge in [0.15, 0.2) is 11.6 Å². The predicted molar refractivity (Wildman–Crippen MR) is 137 cm³/mol. The zero-order chi connectivity index (χ0) is 23.8. The van der Waals surface area contributed by atoms with Crippen LogP contribution in [0.2, 0.25) is 0 Å². The number of benzene rings is 2. The molecule has 0 saturated carbocycles. The molecule has 0 amide bonds. The molecule has 178 valence electrons. The molecule has 4 heteroatoms. The number of hydrogen-bond acceptors (Lipinski definition) is 4. The molecule has 1 aliphatic carbocycles. The maximum Gasteiger partial charge on any atom is 0.163 e. The van der Waals surface area contributed by atoms with Crippen LogP contribution in [0.5, 0.6) is 0 Å². The van der Waals surface area contributed by atoms with Crippen molar-refractivity contribution in [1.82, 2.24) is 9.80 Å². The summed E-state index contributed by atoms with van der Waals surface area (Å²) in [6, 6.07) is 12.2. The standard InChI is InChI=1S/C29H40N2O2/c1-5-30(6-2)18-10-14-28(32)22-16-17-24-23(20-22)21-27-25(24)12-9-13-26(27)29(33)15-11-19-31(7-3)8-4/h9,12-13,16-17,20H,5-8,10-11,14-15,18-19,21H2,1-4H3. The summed E-state index contributed by atoms with van der Waals surface area (Å²) in [6.45, 7) is 14.7. The van der Waals surface area contributed by atoms with Crippen LogP contribution in [-0.2, 0) is 6.42 Å². The van der Waals surface area contributed by atoms with Crippen molar-refractivity contribution in [2.24, 2.45) is 0 Å². The summed E-state index contributed by atoms with van der Waals surface area (Å²) in [5.41, 5.74) is 6.28. The second kappa shape index (κ2) is 12.2. The Hall–Kier alpha value is -2.30. The van der Waals surface area contributed by atoms with Crippen molar-refractivity contribution < 1.29 is 9.59 Å². The minimum Gasteiger partial charge on any atom is -0.304 e. The van der Waals surface area contributed by atoms with Gasteiger partial charge in [-0.05, 0) is 86.9 Å². The van der Waals surface area contributed by atoms with E-state index in [1.165, 1.54) is 11.1 Å². The molecule has 0 spiro atoms. The minimum absolute atomic E-state index is 0.216. The Morgan fingerprint density at radius 2 is 1.36 bits per heavy atom. The molecule has 0 aromatic heterocycles. The largest absolute Gasteiger partial charge is 0.304 e. The molecule has 0 radical (unpaired) electrons. The van der Waals surface area contributed by atoms with Crippen molar-refractivity contribution >= 4 is 11.6 Å². The van der Waals surface area contributed by atoms with E-state index < -0.39 is 0 Å². The Morgan fingerprint density at radius 1 is 0.758 bits per heavy atom. The molecule has 33 heavy (non-hydrogen) atoms. The summed E-state index contributed by atoms with van der Waals surface area (Å²) >= 11 is 0. The molecule has 0 N–H and O–H groups in total. The van der Waals surface area contributed by atoms with E-state index in [1.54, 1.807) is 0 Å². The third-order valence-electron chi connectivity index (χ3n) is 7.11. The van der Waals surface area contributed by atoms with Crippen LogP contribution in [0, 0.1) is 0 Å². The van der Waals surface area contributed by atoms with E-state index in [1.807, 2.05) is 18.2 Å². The summed E-state index contributed by atoms with van der Waals surface area (Å²) in [7, 11) is 0. The monoisotopic (exact) mass is 448 g/mol. The Bertz CT molecular complexity index is 958. The fraction of sp³-hybridized carbons (Fsp3) is 0.517. The highest BCUT2D eigenvalue weighted by Gasteiger charge is 2.24. The number of rotatable bonds is 14. The van der Waals surface area contributed by atoms with Gasteiger partial charge in [-0.25, -0.2) is 0 Å². The number of hydrogen-bond donors (Lipinski definition) is 0. The second-order valence-corrected chi connectivity index (χ2v) is 8.99. The van der Waals surface area contributed by atoms with Crippen LogP contribution in [0.3, 0.4) is 0 Å². The lowest BCUT2D eigenvalue weighted by atomic mass is 9.96. The molecule has 4 nitrogen and oxygen atoms in total. The number of Topliss-reactive ketones (excluding diaryl/α,β-unsaturated/α-hetero) is 2. The molecule has 1 aliphatic rings. The van der Waals surface area contributed by atoms with Crippen molar-refractivity contribution in [2.45, 2.75) is 59.8 Å². The zero-order valence-corrected chi connectivity index (χ0v) is 21.0. The van der Waals surface area contributed by atoms with Gasteiger partial charge in [-0.2, -0.15) is 0 Å². The summed E-state index contributed by atoms with van der Waals surface area (Å²) in [5, 5.41) is 0. The normalized spacial score (nSPS) is 12.3. The number of fused-ring (bicyclic) bond motifs is 3. The lowest BCUT2D eigenvalue weighted by Crippen LogP contribution is -2.24. The fourth-order valence-electron chi connectivity index (χ4n) is 4.94. The van der Waals surface area contributed by atoms with E-state index in [0.717, 1.165) is 80.8 Å². The van der Waals surface area contributed by atoms with Crippen molar-refractivity contribution in [2.75, 3.05) is 39.3 Å². The third-order valence-corrected chi connectivity index (χ3v) is 7.11. The second-order valence-electron chi connectivity index (χ2n) is 8.99. The van der Waals surface area contributed by atoms with E-state index in [-0.39, 0.29) is 11.6 Å². The van der Waals surface area contributed by atoms with Gasteiger partial charge in [0.2, 0.25) is 0 Å². The average molecular weight is 449 g/mol. The van der Waals surface area contributed by atoms with E-state index >= 15 is 0 Å². The fourth-order valence-corrected chi connectivity index (χ4v) is 4.94. The van der Waals surface area contributed by atoms with Gasteiger partial charge in [0.05, 0.1) is 0 Å². The van der Waals surface area contributed by atoms with Crippen LogP contribution in [0.4, 0.5) is 0 Å². The molecule has 0 atom stereocenters. The van der Waals surface area contributed by atoms with Crippen LogP contribution < -0.4 is 0 Å². The van der Waals surface area contributed by atoms with Crippen molar-refractivity contribution in [3.05, 3.63) is 58.7 Å². The average Bonchev–Trinajstić information content (AvgIpc) is 3.22. The van der Waals surface area contributed by atoms with Gasteiger partial charge in [0, 0.05) is 24.0 Å². The van der Waals surface area contributed by atoms with Gasteiger partial charge >= 0.3 is 0 Å². The summed E-state index contributed by atoms with van der Waals surface area (Å²) in [5.74, 6) is 0.452. The van der Waals surface area contributed by atoms with Crippen molar-refractivity contribution in [3.63, 3.8) is 0 Å². The Morgan fingerprint density at radius 3 is 1.97 bits per heavy atom. The molecule has 3 rings (SSSR count). The summed E-state index contributed by atoms with van der Waals surface area (Å²) in [6.07, 6.45) is 3.69. The highest BCUT2D eigenvalue weighted by Crippen LogP contribution is 2.39. The van der Waals surface area contributed by atoms with Crippen LogP contribution in [0.15, 0.2) is 36.4 Å². The van der Waals surface area contributed by atoms with E-state index in [9.17, 15) is 9.59 Å². The van der Waals surface area contributed by atoms with Crippen molar-refractivity contribution in [1.29, 1.82) is 0 Å². The number of carbonyl (C=O) groups is 2. The summed E-state index contributed by atoms with van der Waals surface area (Å²) in [4.78, 5) is 30.5. The number of ketones is 2. The molecular formula is C29H40N2O2. The van der Waals surface area contributed by atoms with Gasteiger partial charge in [-0.1, -0.05) is 58.0 Å². The first-order chi connectivity index (χ1) is 16.0. The first kappa shape index (κ1) is 25.3. The molecule has 0 saturated heterocycles. The number of nitrogens with zero attached hydrogens (tertiary/aromatic N) is 2. The predicted octanol–water partition coefficient (Wildman–Crippen LogP) is 5.87. The van der Waals surface area contributed by atoms with Gasteiger partial charge < -0.3 is 9.80 Å². The topological polar surface area (TPSA) is 40.6 Å². The van der Waals surface area contributed by atoms with E-state index in [0.29, 0.717) is 12.8 Å². The van der Waals surface area contributed by atoms with Gasteiger partial charge in [-0.15, -0.1) is 0 Å². The summed E-state index contributed by atoms with van der Waals surface area (Å²) < 4.78 is 0. The molecule has 0 fully saturated rings. The maximum atomic E-state index is 13.0. The maximum absolute atomic E-state index is 13.0. The molecule has 0 bridgehead atoms. The third kappa shape index (κ3) is 6.18. The van der Waals surface area contributed by atoms with Crippen molar-refractivity contribution in [3.8, 4) is 11.1 Å². The molecule has 2 aromatic carbocycles. The zero-order valence-electron chi connectivity index (χ0n) is 21.0. The minimum atomic E-state index is 0.216. The highest BCUT2D eigenvalue weighted by molar-refractivity contribution is 6.01. The smallest absolute Gasteiger partial charge is 0.163 e. The van der Waals surface area contributed by atoms with Gasteiger partial charge in [0.25, 0.3) is 0 Å². The Kier molecular flexibility index (Phi) is 9.40. The van der Waals surface area contributed by atoms with Crippen LogP contribution in [0.25, 0.3) is 11.1 Å². The first-order valence-electron chi connectivity index (χ1n) is 12.8. The quantitative estimate of drug-likeness (QED) is 0.289. The van der Waals surface area contributed by atoms with Gasteiger partial charge in [-0.3, -0.25) is 9.59 Å². The molecule has 0 unspecified atom stereocenters. The highest BCUT2D eigenvalue weighted by atomic mass is 16.1. The molecular weight excluding hydrogens is 408 g/mol.